The Morgan fingerprint density at radius 2 is 1.76 bits per heavy atom. The Hall–Kier alpha value is -2.36. The van der Waals surface area contributed by atoms with E-state index < -0.39 is 0 Å². The number of anilines is 2. The van der Waals surface area contributed by atoms with Crippen LogP contribution in [0, 0.1) is 6.92 Å². The number of rotatable bonds is 2. The third-order valence-electron chi connectivity index (χ3n) is 2.59. The molecule has 0 fully saturated rings. The predicted molar refractivity (Wildman–Crippen MR) is 67.7 cm³/mol. The number of hydrogen-bond donors (Lipinski definition) is 2. The second-order valence-electron chi connectivity index (χ2n) is 3.84. The summed E-state index contributed by atoms with van der Waals surface area (Å²) in [6.07, 6.45) is 1.59. The van der Waals surface area contributed by atoms with E-state index in [4.69, 9.17) is 11.5 Å². The molecule has 0 unspecified atom stereocenters. The molecule has 0 bridgehead atoms. The number of nitrogens with zero attached hydrogens (tertiary/aromatic N) is 1. The number of aromatic nitrogens is 1. The van der Waals surface area contributed by atoms with Gasteiger partial charge in [0.1, 0.15) is 5.82 Å². The maximum Gasteiger partial charge on any atom is 0.196 e. The highest BCUT2D eigenvalue weighted by Gasteiger charge is 2.15. The van der Waals surface area contributed by atoms with Crippen LogP contribution in [0.2, 0.25) is 0 Å². The summed E-state index contributed by atoms with van der Waals surface area (Å²) in [6.45, 7) is 1.84. The van der Waals surface area contributed by atoms with Gasteiger partial charge in [-0.2, -0.15) is 0 Å². The summed E-state index contributed by atoms with van der Waals surface area (Å²) >= 11 is 0. The third kappa shape index (κ3) is 2.10. The summed E-state index contributed by atoms with van der Waals surface area (Å²) in [4.78, 5) is 16.2. The highest BCUT2D eigenvalue weighted by atomic mass is 16.1. The molecule has 1 aromatic carbocycles. The molecule has 0 saturated carbocycles. The smallest absolute Gasteiger partial charge is 0.196 e. The van der Waals surface area contributed by atoms with Crippen molar-refractivity contribution >= 4 is 17.3 Å². The highest BCUT2D eigenvalue weighted by molar-refractivity contribution is 6.12. The van der Waals surface area contributed by atoms with Gasteiger partial charge in [-0.05, 0) is 42.8 Å². The minimum atomic E-state index is -0.131. The first kappa shape index (κ1) is 11.1. The minimum Gasteiger partial charge on any atom is -0.399 e. The molecule has 86 valence electrons. The lowest BCUT2D eigenvalue weighted by molar-refractivity contribution is 0.103. The minimum absolute atomic E-state index is 0.131. The normalized spacial score (nSPS) is 10.2. The second kappa shape index (κ2) is 4.25. The second-order valence-corrected chi connectivity index (χ2v) is 3.84. The van der Waals surface area contributed by atoms with Crippen molar-refractivity contribution in [2.24, 2.45) is 0 Å². The summed E-state index contributed by atoms with van der Waals surface area (Å²) in [6, 6.07) is 8.51. The fourth-order valence-electron chi connectivity index (χ4n) is 1.65. The third-order valence-corrected chi connectivity index (χ3v) is 2.59. The van der Waals surface area contributed by atoms with Gasteiger partial charge in [0.05, 0.1) is 5.56 Å². The molecule has 0 amide bonds. The van der Waals surface area contributed by atoms with Crippen LogP contribution < -0.4 is 11.5 Å². The molecule has 17 heavy (non-hydrogen) atoms. The molecule has 4 N–H and O–H groups in total. The Kier molecular flexibility index (Phi) is 2.78. The van der Waals surface area contributed by atoms with Gasteiger partial charge in [0, 0.05) is 17.4 Å². The first-order chi connectivity index (χ1) is 8.09. The van der Waals surface area contributed by atoms with E-state index in [2.05, 4.69) is 4.98 Å². The fraction of sp³-hybridized carbons (Fsp3) is 0.0769. The van der Waals surface area contributed by atoms with Crippen LogP contribution in [0.25, 0.3) is 0 Å². The molecule has 0 radical (unpaired) electrons. The summed E-state index contributed by atoms with van der Waals surface area (Å²) in [7, 11) is 0. The van der Waals surface area contributed by atoms with E-state index in [0.29, 0.717) is 16.8 Å². The van der Waals surface area contributed by atoms with Gasteiger partial charge in [0.25, 0.3) is 0 Å². The van der Waals surface area contributed by atoms with Crippen LogP contribution in [0.1, 0.15) is 21.5 Å². The van der Waals surface area contributed by atoms with Crippen molar-refractivity contribution in [2.75, 3.05) is 11.5 Å². The average Bonchev–Trinajstić information content (AvgIpc) is 2.29. The maximum absolute atomic E-state index is 12.2. The summed E-state index contributed by atoms with van der Waals surface area (Å²) in [5, 5.41) is 0. The Morgan fingerprint density at radius 3 is 2.35 bits per heavy atom. The van der Waals surface area contributed by atoms with Gasteiger partial charge >= 0.3 is 0 Å². The maximum atomic E-state index is 12.2. The van der Waals surface area contributed by atoms with E-state index in [1.165, 1.54) is 0 Å². The molecular weight excluding hydrogens is 214 g/mol. The zero-order chi connectivity index (χ0) is 12.4. The van der Waals surface area contributed by atoms with E-state index in [9.17, 15) is 4.79 Å². The molecule has 1 heterocycles. The van der Waals surface area contributed by atoms with Crippen LogP contribution in [-0.2, 0) is 0 Å². The zero-order valence-electron chi connectivity index (χ0n) is 9.47. The molecule has 0 saturated heterocycles. The molecule has 0 aliphatic carbocycles. The molecule has 1 aromatic heterocycles. The first-order valence-electron chi connectivity index (χ1n) is 5.21. The first-order valence-corrected chi connectivity index (χ1v) is 5.21. The zero-order valence-corrected chi connectivity index (χ0v) is 9.47. The molecule has 0 aliphatic heterocycles. The fourth-order valence-corrected chi connectivity index (χ4v) is 1.65. The van der Waals surface area contributed by atoms with Crippen molar-refractivity contribution in [3.63, 3.8) is 0 Å². The Balaban J connectivity index is 2.47. The molecular formula is C13H13N3O. The average molecular weight is 227 g/mol. The number of nitrogen functional groups attached to an aromatic ring is 2. The van der Waals surface area contributed by atoms with Gasteiger partial charge in [0.15, 0.2) is 5.78 Å². The Morgan fingerprint density at radius 1 is 1.12 bits per heavy atom. The molecule has 4 nitrogen and oxygen atoms in total. The van der Waals surface area contributed by atoms with Crippen LogP contribution in [0.15, 0.2) is 36.5 Å². The van der Waals surface area contributed by atoms with Crippen molar-refractivity contribution in [3.8, 4) is 0 Å². The van der Waals surface area contributed by atoms with Crippen LogP contribution in [0.4, 0.5) is 11.5 Å². The molecule has 2 rings (SSSR count). The summed E-state index contributed by atoms with van der Waals surface area (Å²) in [5.41, 5.74) is 13.8. The molecule has 0 aliphatic rings. The molecule has 0 atom stereocenters. The number of ketones is 1. The van der Waals surface area contributed by atoms with Gasteiger partial charge < -0.3 is 11.5 Å². The van der Waals surface area contributed by atoms with Crippen LogP contribution in [-0.4, -0.2) is 10.8 Å². The van der Waals surface area contributed by atoms with Crippen molar-refractivity contribution in [2.45, 2.75) is 6.92 Å². The van der Waals surface area contributed by atoms with Crippen molar-refractivity contribution < 1.29 is 4.79 Å². The summed E-state index contributed by atoms with van der Waals surface area (Å²) in [5.74, 6) is 0.125. The van der Waals surface area contributed by atoms with Gasteiger partial charge in [0.2, 0.25) is 0 Å². The number of aryl methyl sites for hydroxylation is 1. The molecule has 4 heteroatoms. The van der Waals surface area contributed by atoms with E-state index >= 15 is 0 Å². The number of hydrogen-bond acceptors (Lipinski definition) is 4. The summed E-state index contributed by atoms with van der Waals surface area (Å²) < 4.78 is 0. The SMILES string of the molecule is Cc1ccnc(N)c1C(=O)c1ccc(N)cc1. The monoisotopic (exact) mass is 227 g/mol. The van der Waals surface area contributed by atoms with Gasteiger partial charge in [-0.25, -0.2) is 4.98 Å². The molecule has 2 aromatic rings. The Bertz CT molecular complexity index is 541. The van der Waals surface area contributed by atoms with Crippen molar-refractivity contribution in [1.29, 1.82) is 0 Å². The largest absolute Gasteiger partial charge is 0.399 e. The number of carbonyl (C=O) groups excluding carboxylic acids is 1. The lowest BCUT2D eigenvalue weighted by atomic mass is 10.00. The quantitative estimate of drug-likeness (QED) is 0.605. The topological polar surface area (TPSA) is 82.0 Å². The van der Waals surface area contributed by atoms with Crippen LogP contribution in [0.3, 0.4) is 0 Å². The van der Waals surface area contributed by atoms with E-state index in [-0.39, 0.29) is 11.6 Å². The number of pyridine rings is 1. The number of benzene rings is 1. The standard InChI is InChI=1S/C13H13N3O/c1-8-6-7-16-13(15)11(8)12(17)9-2-4-10(14)5-3-9/h2-7H,14H2,1H3,(H2,15,16). The van der Waals surface area contributed by atoms with Crippen molar-refractivity contribution in [3.05, 3.63) is 53.2 Å². The highest BCUT2D eigenvalue weighted by Crippen LogP contribution is 2.19. The number of carbonyl (C=O) groups is 1. The van der Waals surface area contributed by atoms with Gasteiger partial charge in [-0.3, -0.25) is 4.79 Å². The number of nitrogens with two attached hydrogens (primary N) is 2. The van der Waals surface area contributed by atoms with Crippen LogP contribution in [0.5, 0.6) is 0 Å². The lowest BCUT2D eigenvalue weighted by Crippen LogP contribution is -2.09. The van der Waals surface area contributed by atoms with Gasteiger partial charge in [-0.15, -0.1) is 0 Å². The molecule has 0 spiro atoms. The van der Waals surface area contributed by atoms with Crippen LogP contribution >= 0.6 is 0 Å². The van der Waals surface area contributed by atoms with E-state index in [0.717, 1.165) is 5.56 Å². The van der Waals surface area contributed by atoms with Gasteiger partial charge in [-0.1, -0.05) is 0 Å². The van der Waals surface area contributed by atoms with E-state index in [1.54, 1.807) is 36.5 Å². The predicted octanol–water partition coefficient (Wildman–Crippen LogP) is 1.79. The Labute approximate surface area is 99.3 Å². The van der Waals surface area contributed by atoms with E-state index in [1.807, 2.05) is 6.92 Å². The lowest BCUT2D eigenvalue weighted by Gasteiger charge is -2.07. The van der Waals surface area contributed by atoms with Crippen molar-refractivity contribution in [1.82, 2.24) is 4.98 Å².